The number of amides is 1. The summed E-state index contributed by atoms with van der Waals surface area (Å²) in [5.74, 6) is -0.682. The molecule has 0 bridgehead atoms. The summed E-state index contributed by atoms with van der Waals surface area (Å²) in [5, 5.41) is 3.70. The molecule has 1 amide bonds. The van der Waals surface area contributed by atoms with Crippen LogP contribution in [0, 0.1) is 0 Å². The molecule has 0 aliphatic carbocycles. The van der Waals surface area contributed by atoms with Crippen LogP contribution in [0.3, 0.4) is 0 Å². The Morgan fingerprint density at radius 1 is 1.27 bits per heavy atom. The molecule has 2 heterocycles. The molecule has 0 saturated carbocycles. The van der Waals surface area contributed by atoms with Gasteiger partial charge < -0.3 is 19.8 Å². The SMILES string of the molecule is COC(=O)c1[nH]c2ccccc2c1NC(=O)[C@@H](C)N1C[C@@H](C)O[C@H](C)C1. The van der Waals surface area contributed by atoms with Gasteiger partial charge in [0.05, 0.1) is 31.0 Å². The van der Waals surface area contributed by atoms with E-state index in [-0.39, 0.29) is 29.9 Å². The third-order valence-corrected chi connectivity index (χ3v) is 4.72. The van der Waals surface area contributed by atoms with Crippen LogP contribution in [0.25, 0.3) is 10.9 Å². The van der Waals surface area contributed by atoms with E-state index in [1.165, 1.54) is 7.11 Å². The number of methoxy groups -OCH3 is 1. The molecule has 1 aliphatic heterocycles. The van der Waals surface area contributed by atoms with Gasteiger partial charge in [0.25, 0.3) is 0 Å². The molecule has 3 rings (SSSR count). The average Bonchev–Trinajstić information content (AvgIpc) is 2.98. The van der Waals surface area contributed by atoms with Gasteiger partial charge in [-0.3, -0.25) is 9.69 Å². The lowest BCUT2D eigenvalue weighted by Gasteiger charge is -2.38. The molecule has 3 atom stereocenters. The van der Waals surface area contributed by atoms with Gasteiger partial charge in [0.1, 0.15) is 5.69 Å². The van der Waals surface area contributed by atoms with Crippen molar-refractivity contribution in [2.75, 3.05) is 25.5 Å². The number of anilines is 1. The maximum absolute atomic E-state index is 12.9. The summed E-state index contributed by atoms with van der Waals surface area (Å²) >= 11 is 0. The molecule has 1 aromatic carbocycles. The molecule has 0 radical (unpaired) electrons. The van der Waals surface area contributed by atoms with Crippen molar-refractivity contribution >= 4 is 28.5 Å². The van der Waals surface area contributed by atoms with Crippen LogP contribution in [0.4, 0.5) is 5.69 Å². The first kappa shape index (κ1) is 18.4. The summed E-state index contributed by atoms with van der Waals surface area (Å²) in [7, 11) is 1.32. The van der Waals surface area contributed by atoms with Crippen molar-refractivity contribution < 1.29 is 19.1 Å². The zero-order valence-corrected chi connectivity index (χ0v) is 15.5. The van der Waals surface area contributed by atoms with Crippen molar-refractivity contribution in [3.63, 3.8) is 0 Å². The Morgan fingerprint density at radius 2 is 1.92 bits per heavy atom. The fraction of sp³-hybridized carbons (Fsp3) is 0.474. The van der Waals surface area contributed by atoms with Crippen molar-refractivity contribution in [2.24, 2.45) is 0 Å². The number of aromatic nitrogens is 1. The number of para-hydroxylation sites is 1. The van der Waals surface area contributed by atoms with Gasteiger partial charge >= 0.3 is 5.97 Å². The summed E-state index contributed by atoms with van der Waals surface area (Å²) in [5.41, 5.74) is 1.47. The lowest BCUT2D eigenvalue weighted by molar-refractivity contribution is -0.126. The maximum Gasteiger partial charge on any atom is 0.356 e. The zero-order chi connectivity index (χ0) is 18.8. The minimum atomic E-state index is -0.516. The quantitative estimate of drug-likeness (QED) is 0.819. The Bertz CT molecular complexity index is 806. The van der Waals surface area contributed by atoms with E-state index < -0.39 is 5.97 Å². The number of esters is 1. The van der Waals surface area contributed by atoms with E-state index >= 15 is 0 Å². The number of H-pyrrole nitrogens is 1. The van der Waals surface area contributed by atoms with E-state index in [9.17, 15) is 9.59 Å². The highest BCUT2D eigenvalue weighted by molar-refractivity contribution is 6.11. The van der Waals surface area contributed by atoms with Gasteiger partial charge in [-0.25, -0.2) is 4.79 Å². The molecule has 1 aliphatic rings. The number of nitrogens with one attached hydrogen (secondary N) is 2. The van der Waals surface area contributed by atoms with Gasteiger partial charge in [-0.15, -0.1) is 0 Å². The largest absolute Gasteiger partial charge is 0.464 e. The highest BCUT2D eigenvalue weighted by Gasteiger charge is 2.30. The van der Waals surface area contributed by atoms with Crippen LogP contribution in [-0.4, -0.2) is 60.2 Å². The lowest BCUT2D eigenvalue weighted by Crippen LogP contribution is -2.52. The van der Waals surface area contributed by atoms with Gasteiger partial charge in [0, 0.05) is 24.0 Å². The molecule has 2 N–H and O–H groups in total. The van der Waals surface area contributed by atoms with E-state index in [0.717, 1.165) is 10.9 Å². The molecule has 1 saturated heterocycles. The zero-order valence-electron chi connectivity index (χ0n) is 15.5. The number of hydrogen-bond acceptors (Lipinski definition) is 5. The summed E-state index contributed by atoms with van der Waals surface area (Å²) in [6.07, 6.45) is 0.153. The second kappa shape index (κ2) is 7.47. The smallest absolute Gasteiger partial charge is 0.356 e. The van der Waals surface area contributed by atoms with Gasteiger partial charge in [0.2, 0.25) is 5.91 Å². The molecule has 1 fully saturated rings. The normalized spacial score (nSPS) is 22.2. The van der Waals surface area contributed by atoms with E-state index in [0.29, 0.717) is 18.8 Å². The Labute approximate surface area is 152 Å². The molecule has 140 valence electrons. The summed E-state index contributed by atoms with van der Waals surface area (Å²) in [4.78, 5) is 30.1. The standard InChI is InChI=1S/C19H25N3O4/c1-11-9-22(10-12(2)26-11)13(3)18(23)21-16-14-7-5-6-8-15(14)20-17(16)19(24)25-4/h5-8,11-13,20H,9-10H2,1-4H3,(H,21,23)/t11-,12-,13-/m1/s1. The Balaban J connectivity index is 1.85. The molecule has 1 aromatic heterocycles. The molecule has 0 spiro atoms. The number of fused-ring (bicyclic) bond motifs is 1. The summed E-state index contributed by atoms with van der Waals surface area (Å²) in [6, 6.07) is 7.10. The Morgan fingerprint density at radius 3 is 2.58 bits per heavy atom. The third kappa shape index (κ3) is 3.59. The first-order valence-corrected chi connectivity index (χ1v) is 8.80. The number of rotatable bonds is 4. The van der Waals surface area contributed by atoms with Crippen LogP contribution < -0.4 is 5.32 Å². The Kier molecular flexibility index (Phi) is 5.29. The molecule has 26 heavy (non-hydrogen) atoms. The van der Waals surface area contributed by atoms with Gasteiger partial charge in [-0.1, -0.05) is 18.2 Å². The van der Waals surface area contributed by atoms with Gasteiger partial charge in [-0.05, 0) is 26.8 Å². The number of carbonyl (C=O) groups is 2. The number of hydrogen-bond donors (Lipinski definition) is 2. The van der Waals surface area contributed by atoms with Crippen LogP contribution in [-0.2, 0) is 14.3 Å². The minimum absolute atomic E-state index is 0.0766. The highest BCUT2D eigenvalue weighted by Crippen LogP contribution is 2.28. The number of nitrogens with zero attached hydrogens (tertiary/aromatic N) is 1. The Hall–Kier alpha value is -2.38. The molecular formula is C19H25N3O4. The average molecular weight is 359 g/mol. The van der Waals surface area contributed by atoms with E-state index in [1.54, 1.807) is 0 Å². The number of carbonyl (C=O) groups excluding carboxylic acids is 2. The summed E-state index contributed by atoms with van der Waals surface area (Å²) in [6.45, 7) is 7.25. The lowest BCUT2D eigenvalue weighted by atomic mass is 10.1. The maximum atomic E-state index is 12.9. The van der Waals surface area contributed by atoms with Crippen molar-refractivity contribution in [1.82, 2.24) is 9.88 Å². The molecule has 7 nitrogen and oxygen atoms in total. The fourth-order valence-electron chi connectivity index (χ4n) is 3.45. The van der Waals surface area contributed by atoms with E-state index in [4.69, 9.17) is 9.47 Å². The van der Waals surface area contributed by atoms with Crippen LogP contribution in [0.1, 0.15) is 31.3 Å². The predicted molar refractivity (Wildman–Crippen MR) is 99.3 cm³/mol. The second-order valence-corrected chi connectivity index (χ2v) is 6.79. The van der Waals surface area contributed by atoms with E-state index in [2.05, 4.69) is 15.2 Å². The number of morpholine rings is 1. The fourth-order valence-corrected chi connectivity index (χ4v) is 3.45. The van der Waals surface area contributed by atoms with Crippen molar-refractivity contribution in [2.45, 2.75) is 39.0 Å². The first-order valence-electron chi connectivity index (χ1n) is 8.80. The molecule has 2 aromatic rings. The highest BCUT2D eigenvalue weighted by atomic mass is 16.5. The first-order chi connectivity index (χ1) is 12.4. The van der Waals surface area contributed by atoms with Crippen molar-refractivity contribution in [1.29, 1.82) is 0 Å². The van der Waals surface area contributed by atoms with Crippen LogP contribution in [0.5, 0.6) is 0 Å². The van der Waals surface area contributed by atoms with Crippen LogP contribution >= 0.6 is 0 Å². The molecule has 0 unspecified atom stereocenters. The third-order valence-electron chi connectivity index (χ3n) is 4.72. The topological polar surface area (TPSA) is 83.7 Å². The van der Waals surface area contributed by atoms with Gasteiger partial charge in [-0.2, -0.15) is 0 Å². The monoisotopic (exact) mass is 359 g/mol. The van der Waals surface area contributed by atoms with Crippen molar-refractivity contribution in [3.05, 3.63) is 30.0 Å². The molecule has 7 heteroatoms. The minimum Gasteiger partial charge on any atom is -0.464 e. The molecular weight excluding hydrogens is 334 g/mol. The van der Waals surface area contributed by atoms with E-state index in [1.807, 2.05) is 45.0 Å². The van der Waals surface area contributed by atoms with Crippen molar-refractivity contribution in [3.8, 4) is 0 Å². The van der Waals surface area contributed by atoms with Gasteiger partial charge in [0.15, 0.2) is 0 Å². The van der Waals surface area contributed by atoms with Crippen LogP contribution in [0.15, 0.2) is 24.3 Å². The second-order valence-electron chi connectivity index (χ2n) is 6.79. The summed E-state index contributed by atoms with van der Waals surface area (Å²) < 4.78 is 10.6. The van der Waals surface area contributed by atoms with Crippen LogP contribution in [0.2, 0.25) is 0 Å². The number of benzene rings is 1. The number of aromatic amines is 1. The number of ether oxygens (including phenoxy) is 2. The predicted octanol–water partition coefficient (Wildman–Crippen LogP) is 2.39.